The zero-order valence-electron chi connectivity index (χ0n) is 11.5. The van der Waals surface area contributed by atoms with Crippen LogP contribution >= 0.6 is 15.9 Å². The van der Waals surface area contributed by atoms with Gasteiger partial charge in [-0.3, -0.25) is 0 Å². The molecule has 0 unspecified atom stereocenters. The summed E-state index contributed by atoms with van der Waals surface area (Å²) in [6.07, 6.45) is 6.03. The molecule has 0 atom stereocenters. The fraction of sp³-hybridized carbons (Fsp3) is 1.00. The standard InChI is InChI=1S/C14H27BrO2/c1-12(2)13-5-7-14(11-15,8-6-13)17-10-4-9-16-3/h12-13H,4-11H2,1-3H3. The van der Waals surface area contributed by atoms with Gasteiger partial charge in [0, 0.05) is 25.7 Å². The number of rotatable bonds is 7. The molecule has 17 heavy (non-hydrogen) atoms. The van der Waals surface area contributed by atoms with E-state index >= 15 is 0 Å². The maximum Gasteiger partial charge on any atom is 0.0779 e. The van der Waals surface area contributed by atoms with Crippen molar-refractivity contribution < 1.29 is 9.47 Å². The summed E-state index contributed by atoms with van der Waals surface area (Å²) in [5.74, 6) is 1.71. The highest BCUT2D eigenvalue weighted by molar-refractivity contribution is 9.09. The molecule has 1 aliphatic carbocycles. The van der Waals surface area contributed by atoms with Crippen molar-refractivity contribution in [2.24, 2.45) is 11.8 Å². The third-order valence-electron chi connectivity index (χ3n) is 4.03. The first-order valence-electron chi connectivity index (χ1n) is 6.82. The van der Waals surface area contributed by atoms with Gasteiger partial charge in [-0.2, -0.15) is 0 Å². The van der Waals surface area contributed by atoms with E-state index in [1.54, 1.807) is 7.11 Å². The summed E-state index contributed by atoms with van der Waals surface area (Å²) in [4.78, 5) is 0. The van der Waals surface area contributed by atoms with Crippen molar-refractivity contribution in [3.63, 3.8) is 0 Å². The summed E-state index contributed by atoms with van der Waals surface area (Å²) in [7, 11) is 1.74. The maximum absolute atomic E-state index is 6.12. The van der Waals surface area contributed by atoms with Crippen molar-refractivity contribution in [2.75, 3.05) is 25.7 Å². The van der Waals surface area contributed by atoms with E-state index in [0.717, 1.165) is 36.8 Å². The Bertz CT molecular complexity index is 198. The molecule has 0 N–H and O–H groups in total. The van der Waals surface area contributed by atoms with Gasteiger partial charge in [0.25, 0.3) is 0 Å². The smallest absolute Gasteiger partial charge is 0.0779 e. The first-order chi connectivity index (χ1) is 8.13. The van der Waals surface area contributed by atoms with Crippen molar-refractivity contribution in [2.45, 2.75) is 51.6 Å². The Balaban J connectivity index is 2.33. The summed E-state index contributed by atoms with van der Waals surface area (Å²) >= 11 is 3.64. The molecule has 1 saturated carbocycles. The summed E-state index contributed by atoms with van der Waals surface area (Å²) in [6.45, 7) is 6.30. The van der Waals surface area contributed by atoms with E-state index in [1.165, 1.54) is 25.7 Å². The van der Waals surface area contributed by atoms with Crippen LogP contribution in [0.3, 0.4) is 0 Å². The molecule has 2 nitrogen and oxygen atoms in total. The molecule has 3 heteroatoms. The fourth-order valence-electron chi connectivity index (χ4n) is 2.64. The van der Waals surface area contributed by atoms with Crippen LogP contribution in [-0.4, -0.2) is 31.3 Å². The summed E-state index contributed by atoms with van der Waals surface area (Å²) < 4.78 is 11.2. The van der Waals surface area contributed by atoms with Gasteiger partial charge in [-0.15, -0.1) is 0 Å². The van der Waals surface area contributed by atoms with Gasteiger partial charge in [0.15, 0.2) is 0 Å². The minimum Gasteiger partial charge on any atom is -0.385 e. The highest BCUT2D eigenvalue weighted by atomic mass is 79.9. The van der Waals surface area contributed by atoms with Gasteiger partial charge in [0.1, 0.15) is 0 Å². The Morgan fingerprint density at radius 2 is 1.88 bits per heavy atom. The fourth-order valence-corrected chi connectivity index (χ4v) is 3.36. The normalized spacial score (nSPS) is 29.8. The third kappa shape index (κ3) is 4.88. The van der Waals surface area contributed by atoms with Crippen LogP contribution in [-0.2, 0) is 9.47 Å². The molecule has 102 valence electrons. The highest BCUT2D eigenvalue weighted by Gasteiger charge is 2.35. The Morgan fingerprint density at radius 3 is 2.35 bits per heavy atom. The molecule has 1 fully saturated rings. The second-order valence-corrected chi connectivity index (χ2v) is 6.15. The van der Waals surface area contributed by atoms with Gasteiger partial charge in [0.2, 0.25) is 0 Å². The maximum atomic E-state index is 6.12. The molecular formula is C14H27BrO2. The molecular weight excluding hydrogens is 280 g/mol. The van der Waals surface area contributed by atoms with Crippen molar-refractivity contribution in [3.05, 3.63) is 0 Å². The largest absolute Gasteiger partial charge is 0.385 e. The Hall–Kier alpha value is 0.400. The SMILES string of the molecule is COCCCOC1(CBr)CCC(C(C)C)CC1. The van der Waals surface area contributed by atoms with Gasteiger partial charge >= 0.3 is 0 Å². The summed E-state index contributed by atoms with van der Waals surface area (Å²) in [5, 5.41) is 0.970. The molecule has 0 aromatic heterocycles. The van der Waals surface area contributed by atoms with Crippen LogP contribution in [0.5, 0.6) is 0 Å². The van der Waals surface area contributed by atoms with Gasteiger partial charge in [0.05, 0.1) is 5.60 Å². The molecule has 1 aliphatic rings. The van der Waals surface area contributed by atoms with Crippen LogP contribution in [0.15, 0.2) is 0 Å². The average molecular weight is 307 g/mol. The Labute approximate surface area is 115 Å². The second-order valence-electron chi connectivity index (χ2n) is 5.59. The molecule has 0 radical (unpaired) electrons. The summed E-state index contributed by atoms with van der Waals surface area (Å²) in [6, 6.07) is 0. The van der Waals surface area contributed by atoms with Crippen molar-refractivity contribution >= 4 is 15.9 Å². The van der Waals surface area contributed by atoms with E-state index in [-0.39, 0.29) is 5.60 Å². The number of hydrogen-bond donors (Lipinski definition) is 0. The number of alkyl halides is 1. The van der Waals surface area contributed by atoms with E-state index in [0.29, 0.717) is 0 Å². The van der Waals surface area contributed by atoms with Gasteiger partial charge in [-0.1, -0.05) is 29.8 Å². The molecule has 0 spiro atoms. The van der Waals surface area contributed by atoms with Crippen LogP contribution in [0, 0.1) is 11.8 Å². The van der Waals surface area contributed by atoms with E-state index in [1.807, 2.05) is 0 Å². The van der Waals surface area contributed by atoms with E-state index in [9.17, 15) is 0 Å². The monoisotopic (exact) mass is 306 g/mol. The zero-order chi connectivity index (χ0) is 12.7. The second kappa shape index (κ2) is 7.75. The number of hydrogen-bond acceptors (Lipinski definition) is 2. The number of ether oxygens (including phenoxy) is 2. The molecule has 0 saturated heterocycles. The minimum atomic E-state index is 0.0964. The molecule has 0 amide bonds. The van der Waals surface area contributed by atoms with Crippen LogP contribution in [0.4, 0.5) is 0 Å². The predicted molar refractivity (Wildman–Crippen MR) is 75.8 cm³/mol. The predicted octanol–water partition coefficient (Wildman–Crippen LogP) is 4.02. The lowest BCUT2D eigenvalue weighted by Gasteiger charge is -2.40. The van der Waals surface area contributed by atoms with Crippen molar-refractivity contribution in [1.82, 2.24) is 0 Å². The van der Waals surface area contributed by atoms with Crippen LogP contribution in [0.2, 0.25) is 0 Å². The third-order valence-corrected chi connectivity index (χ3v) is 5.05. The summed E-state index contributed by atoms with van der Waals surface area (Å²) in [5.41, 5.74) is 0.0964. The lowest BCUT2D eigenvalue weighted by molar-refractivity contribution is -0.0676. The zero-order valence-corrected chi connectivity index (χ0v) is 13.1. The molecule has 0 aromatic rings. The van der Waals surface area contributed by atoms with Crippen LogP contribution in [0.25, 0.3) is 0 Å². The van der Waals surface area contributed by atoms with E-state index in [4.69, 9.17) is 9.47 Å². The minimum absolute atomic E-state index is 0.0964. The van der Waals surface area contributed by atoms with Gasteiger partial charge in [-0.05, 0) is 43.9 Å². The molecule has 0 heterocycles. The average Bonchev–Trinajstić information content (AvgIpc) is 2.35. The molecule has 0 aromatic carbocycles. The lowest BCUT2D eigenvalue weighted by atomic mass is 9.75. The topological polar surface area (TPSA) is 18.5 Å². The molecule has 0 bridgehead atoms. The first-order valence-corrected chi connectivity index (χ1v) is 7.94. The Kier molecular flexibility index (Phi) is 7.05. The van der Waals surface area contributed by atoms with Crippen molar-refractivity contribution in [3.8, 4) is 0 Å². The lowest BCUT2D eigenvalue weighted by Crippen LogP contribution is -2.40. The van der Waals surface area contributed by atoms with Gasteiger partial charge in [-0.25, -0.2) is 0 Å². The number of methoxy groups -OCH3 is 1. The molecule has 1 rings (SSSR count). The molecule has 0 aliphatic heterocycles. The van der Waals surface area contributed by atoms with E-state index < -0.39 is 0 Å². The van der Waals surface area contributed by atoms with Crippen molar-refractivity contribution in [1.29, 1.82) is 0 Å². The van der Waals surface area contributed by atoms with Crippen LogP contribution in [0.1, 0.15) is 46.0 Å². The van der Waals surface area contributed by atoms with Gasteiger partial charge < -0.3 is 9.47 Å². The van der Waals surface area contributed by atoms with Crippen LogP contribution < -0.4 is 0 Å². The first kappa shape index (κ1) is 15.5. The number of halogens is 1. The Morgan fingerprint density at radius 1 is 1.24 bits per heavy atom. The quantitative estimate of drug-likeness (QED) is 0.522. The van der Waals surface area contributed by atoms with E-state index in [2.05, 4.69) is 29.8 Å². The highest BCUT2D eigenvalue weighted by Crippen LogP contribution is 2.39.